The standard InChI is InChI=1S/C12H22O3P2/c1-5-17(3,4,6-2)15-16(13,14)12-10-8-7-9-11-12/h7-11H,5-6H2,1-4H3,(H,13,14). The van der Waals surface area contributed by atoms with Gasteiger partial charge in [0.25, 0.3) is 0 Å². The Hall–Kier alpha value is -0.200. The van der Waals surface area contributed by atoms with Gasteiger partial charge in [-0.3, -0.25) is 0 Å². The van der Waals surface area contributed by atoms with Crippen LogP contribution in [0.15, 0.2) is 30.3 Å². The predicted octanol–water partition coefficient (Wildman–Crippen LogP) is 3.28. The third kappa shape index (κ3) is 3.63. The third-order valence-corrected chi connectivity index (χ3v) is 11.4. The summed E-state index contributed by atoms with van der Waals surface area (Å²) in [6.45, 7) is 5.56. The molecule has 0 spiro atoms. The first-order valence-electron chi connectivity index (χ1n) is 5.82. The van der Waals surface area contributed by atoms with Gasteiger partial charge in [-0.1, -0.05) is 0 Å². The van der Waals surface area contributed by atoms with E-state index in [-0.39, 0.29) is 0 Å². The molecule has 3 nitrogen and oxygen atoms in total. The molecular weight excluding hydrogens is 254 g/mol. The van der Waals surface area contributed by atoms with Crippen molar-refractivity contribution in [2.24, 2.45) is 0 Å². The van der Waals surface area contributed by atoms with Gasteiger partial charge in [-0.05, 0) is 0 Å². The van der Waals surface area contributed by atoms with Crippen molar-refractivity contribution in [3.05, 3.63) is 30.3 Å². The average molecular weight is 276 g/mol. The van der Waals surface area contributed by atoms with Crippen LogP contribution in [0.2, 0.25) is 0 Å². The summed E-state index contributed by atoms with van der Waals surface area (Å²) >= 11 is 0. The molecule has 0 aliphatic heterocycles. The van der Waals surface area contributed by atoms with Gasteiger partial charge < -0.3 is 0 Å². The molecule has 0 aliphatic rings. The second kappa shape index (κ2) is 4.82. The van der Waals surface area contributed by atoms with Gasteiger partial charge in [0.05, 0.1) is 0 Å². The second-order valence-electron chi connectivity index (χ2n) is 5.13. The Labute approximate surface area is 104 Å². The monoisotopic (exact) mass is 276 g/mol. The number of hydrogen-bond donors (Lipinski definition) is 1. The first-order valence-corrected chi connectivity index (χ1v) is 10.8. The fraction of sp³-hybridized carbons (Fsp3) is 0.500. The molecule has 1 N–H and O–H groups in total. The molecule has 0 saturated carbocycles. The summed E-state index contributed by atoms with van der Waals surface area (Å²) < 4.78 is 18.1. The van der Waals surface area contributed by atoms with E-state index in [1.807, 2.05) is 33.2 Å². The van der Waals surface area contributed by atoms with Crippen LogP contribution in [0.5, 0.6) is 0 Å². The third-order valence-electron chi connectivity index (χ3n) is 3.44. The number of rotatable bonds is 5. The zero-order valence-electron chi connectivity index (χ0n) is 11.0. The molecule has 1 aromatic rings. The molecule has 1 unspecified atom stereocenters. The van der Waals surface area contributed by atoms with Crippen molar-refractivity contribution in [2.45, 2.75) is 13.8 Å². The van der Waals surface area contributed by atoms with Crippen LogP contribution >= 0.6 is 14.4 Å². The van der Waals surface area contributed by atoms with Gasteiger partial charge in [-0.2, -0.15) is 0 Å². The van der Waals surface area contributed by atoms with Crippen molar-refractivity contribution >= 4 is 19.7 Å². The Kier molecular flexibility index (Phi) is 4.21. The average Bonchev–Trinajstić information content (AvgIpc) is 2.30. The van der Waals surface area contributed by atoms with Crippen molar-refractivity contribution in [1.29, 1.82) is 0 Å². The van der Waals surface area contributed by atoms with E-state index in [9.17, 15) is 9.46 Å². The fourth-order valence-corrected chi connectivity index (χ4v) is 6.70. The molecule has 0 aliphatic carbocycles. The molecule has 1 aromatic carbocycles. The van der Waals surface area contributed by atoms with E-state index in [2.05, 4.69) is 0 Å². The Morgan fingerprint density at radius 2 is 1.65 bits per heavy atom. The zero-order valence-corrected chi connectivity index (χ0v) is 12.7. The molecule has 0 fully saturated rings. The molecule has 0 bridgehead atoms. The predicted molar refractivity (Wildman–Crippen MR) is 76.8 cm³/mol. The van der Waals surface area contributed by atoms with Crippen LogP contribution in [0.3, 0.4) is 0 Å². The van der Waals surface area contributed by atoms with E-state index in [0.717, 1.165) is 12.3 Å². The van der Waals surface area contributed by atoms with Crippen molar-refractivity contribution < 1.29 is 13.8 Å². The summed E-state index contributed by atoms with van der Waals surface area (Å²) in [4.78, 5) is 10.1. The molecule has 5 heteroatoms. The molecule has 0 aromatic heterocycles. The quantitative estimate of drug-likeness (QED) is 0.839. The Morgan fingerprint density at radius 3 is 2.06 bits per heavy atom. The van der Waals surface area contributed by atoms with Crippen LogP contribution in [0.25, 0.3) is 0 Å². The molecule has 17 heavy (non-hydrogen) atoms. The molecule has 0 saturated heterocycles. The summed E-state index contributed by atoms with van der Waals surface area (Å²) in [5.41, 5.74) is 0. The van der Waals surface area contributed by atoms with E-state index in [4.69, 9.17) is 4.31 Å². The Bertz CT molecular complexity index is 421. The summed E-state index contributed by atoms with van der Waals surface area (Å²) in [5, 5.41) is 0.375. The summed E-state index contributed by atoms with van der Waals surface area (Å²) in [6, 6.07) is 8.60. The fourth-order valence-electron chi connectivity index (χ4n) is 1.38. The normalized spacial score (nSPS) is 18.1. The Balaban J connectivity index is 3.07. The molecule has 0 heterocycles. The van der Waals surface area contributed by atoms with E-state index < -0.39 is 14.4 Å². The first-order chi connectivity index (χ1) is 7.72. The Morgan fingerprint density at radius 1 is 1.18 bits per heavy atom. The van der Waals surface area contributed by atoms with Crippen molar-refractivity contribution in [3.8, 4) is 0 Å². The van der Waals surface area contributed by atoms with E-state index in [1.54, 1.807) is 24.3 Å². The van der Waals surface area contributed by atoms with Crippen LogP contribution in [0.1, 0.15) is 13.8 Å². The number of benzene rings is 1. The van der Waals surface area contributed by atoms with Gasteiger partial charge >= 0.3 is 103 Å². The van der Waals surface area contributed by atoms with Crippen molar-refractivity contribution in [3.63, 3.8) is 0 Å². The van der Waals surface area contributed by atoms with E-state index >= 15 is 0 Å². The van der Waals surface area contributed by atoms with E-state index in [0.29, 0.717) is 5.30 Å². The van der Waals surface area contributed by atoms with Crippen LogP contribution in [0, 0.1) is 0 Å². The van der Waals surface area contributed by atoms with Gasteiger partial charge in [0.2, 0.25) is 0 Å². The number of hydrogen-bond acceptors (Lipinski definition) is 2. The van der Waals surface area contributed by atoms with Crippen LogP contribution in [-0.2, 0) is 8.88 Å². The van der Waals surface area contributed by atoms with E-state index in [1.165, 1.54) is 0 Å². The van der Waals surface area contributed by atoms with Gasteiger partial charge in [0, 0.05) is 0 Å². The minimum atomic E-state index is -3.71. The van der Waals surface area contributed by atoms with Crippen LogP contribution in [0.4, 0.5) is 0 Å². The summed E-state index contributed by atoms with van der Waals surface area (Å²) in [5.74, 6) is 0. The first kappa shape index (κ1) is 14.9. The minimum absolute atomic E-state index is 0.375. The van der Waals surface area contributed by atoms with Gasteiger partial charge in [0.15, 0.2) is 0 Å². The maximum atomic E-state index is 12.3. The molecule has 1 rings (SSSR count). The second-order valence-corrected chi connectivity index (χ2v) is 13.7. The van der Waals surface area contributed by atoms with Gasteiger partial charge in [0.1, 0.15) is 0 Å². The summed E-state index contributed by atoms with van der Waals surface area (Å²) in [7, 11) is -3.71. The van der Waals surface area contributed by atoms with Crippen molar-refractivity contribution in [2.75, 3.05) is 25.7 Å². The molecule has 0 radical (unpaired) electrons. The van der Waals surface area contributed by atoms with Crippen molar-refractivity contribution in [1.82, 2.24) is 0 Å². The van der Waals surface area contributed by atoms with Gasteiger partial charge in [-0.25, -0.2) is 0 Å². The topological polar surface area (TPSA) is 46.5 Å². The molecular formula is C12H22O3P2. The molecule has 98 valence electrons. The zero-order chi connectivity index (χ0) is 13.2. The molecule has 1 atom stereocenters. The van der Waals surface area contributed by atoms with Crippen LogP contribution in [-0.4, -0.2) is 30.5 Å². The molecule has 0 amide bonds. The summed E-state index contributed by atoms with van der Waals surface area (Å²) in [6.07, 6.45) is 1.61. The van der Waals surface area contributed by atoms with Crippen LogP contribution < -0.4 is 5.30 Å². The SMILES string of the molecule is CCP(C)(C)(CC)OP(=O)(O)c1ccccc1. The maximum absolute atomic E-state index is 12.3. The van der Waals surface area contributed by atoms with Gasteiger partial charge in [-0.15, -0.1) is 0 Å².